The molecule has 4 heteroatoms. The lowest BCUT2D eigenvalue weighted by Crippen LogP contribution is -2.11. The molecule has 0 aliphatic heterocycles. The van der Waals surface area contributed by atoms with E-state index in [0.29, 0.717) is 12.5 Å². The van der Waals surface area contributed by atoms with Crippen LogP contribution in [0.5, 0.6) is 11.5 Å². The van der Waals surface area contributed by atoms with Gasteiger partial charge in [0.15, 0.2) is 0 Å². The van der Waals surface area contributed by atoms with Crippen molar-refractivity contribution in [3.8, 4) is 11.5 Å². The molecule has 0 N–H and O–H groups in total. The van der Waals surface area contributed by atoms with E-state index in [1.165, 1.54) is 11.1 Å². The Morgan fingerprint density at radius 1 is 0.867 bits per heavy atom. The molecule has 0 aliphatic rings. The maximum Gasteiger partial charge on any atom is 0.119 e. The summed E-state index contributed by atoms with van der Waals surface area (Å²) >= 11 is 0. The predicted molar refractivity (Wildman–Crippen MR) is 122 cm³/mol. The summed E-state index contributed by atoms with van der Waals surface area (Å²) in [5, 5.41) is 0. The van der Waals surface area contributed by atoms with Crippen LogP contribution in [0.15, 0.2) is 72.8 Å². The fraction of sp³-hybridized carbons (Fsp3) is 0.269. The molecule has 0 radical (unpaired) electrons. The van der Waals surface area contributed by atoms with Gasteiger partial charge in [-0.25, -0.2) is 4.98 Å². The number of nitrogens with zero attached hydrogens (tertiary/aromatic N) is 2. The Labute approximate surface area is 178 Å². The zero-order valence-corrected chi connectivity index (χ0v) is 17.8. The number of fused-ring (bicyclic) bond motifs is 1. The molecule has 0 atom stereocenters. The number of hydrogen-bond donors (Lipinski definition) is 0. The van der Waals surface area contributed by atoms with Crippen LogP contribution in [0.4, 0.5) is 0 Å². The molecule has 0 spiro atoms. The standard InChI is InChI=1S/C26H28N2O2/c1-19(2)21-10-14-23(15-11-21)30-17-16-28-25-7-5-4-6-24(25)27-26(28)18-20-8-12-22(29-3)13-9-20/h4-15,19H,16-18H2,1-3H3. The summed E-state index contributed by atoms with van der Waals surface area (Å²) in [6.07, 6.45) is 0.766. The largest absolute Gasteiger partial charge is 0.497 e. The van der Waals surface area contributed by atoms with Gasteiger partial charge in [-0.3, -0.25) is 0 Å². The van der Waals surface area contributed by atoms with Gasteiger partial charge in [0.25, 0.3) is 0 Å². The summed E-state index contributed by atoms with van der Waals surface area (Å²) in [6.45, 7) is 5.74. The predicted octanol–water partition coefficient (Wildman–Crippen LogP) is 5.84. The second kappa shape index (κ2) is 9.04. The molecule has 30 heavy (non-hydrogen) atoms. The topological polar surface area (TPSA) is 36.3 Å². The zero-order chi connectivity index (χ0) is 20.9. The normalized spacial score (nSPS) is 11.2. The second-order valence-corrected chi connectivity index (χ2v) is 7.77. The number of benzene rings is 3. The number of imidazole rings is 1. The van der Waals surface area contributed by atoms with E-state index in [1.54, 1.807) is 7.11 Å². The number of hydrogen-bond acceptors (Lipinski definition) is 3. The number of ether oxygens (including phenoxy) is 2. The fourth-order valence-corrected chi connectivity index (χ4v) is 3.64. The molecule has 4 rings (SSSR count). The minimum absolute atomic E-state index is 0.525. The van der Waals surface area contributed by atoms with Crippen LogP contribution in [0.25, 0.3) is 11.0 Å². The van der Waals surface area contributed by atoms with Crippen molar-refractivity contribution in [2.45, 2.75) is 32.7 Å². The molecule has 0 unspecified atom stereocenters. The van der Waals surface area contributed by atoms with Gasteiger partial charge in [0.05, 0.1) is 24.7 Å². The first-order valence-corrected chi connectivity index (χ1v) is 10.4. The summed E-state index contributed by atoms with van der Waals surface area (Å²) in [4.78, 5) is 4.88. The van der Waals surface area contributed by atoms with E-state index in [0.717, 1.165) is 41.3 Å². The van der Waals surface area contributed by atoms with Crippen LogP contribution in [0.1, 0.15) is 36.7 Å². The number of methoxy groups -OCH3 is 1. The van der Waals surface area contributed by atoms with Crippen LogP contribution < -0.4 is 9.47 Å². The Bertz CT molecular complexity index is 1100. The molecule has 1 heterocycles. The third-order valence-corrected chi connectivity index (χ3v) is 5.39. The van der Waals surface area contributed by atoms with Gasteiger partial charge in [0.1, 0.15) is 23.9 Å². The lowest BCUT2D eigenvalue weighted by molar-refractivity contribution is 0.298. The molecular formula is C26H28N2O2. The quantitative estimate of drug-likeness (QED) is 0.373. The second-order valence-electron chi connectivity index (χ2n) is 7.77. The summed E-state index contributed by atoms with van der Waals surface area (Å²) in [6, 6.07) is 24.8. The van der Waals surface area contributed by atoms with Gasteiger partial charge < -0.3 is 14.0 Å². The fourth-order valence-electron chi connectivity index (χ4n) is 3.64. The molecule has 4 aromatic rings. The van der Waals surface area contributed by atoms with Crippen LogP contribution in [0.2, 0.25) is 0 Å². The summed E-state index contributed by atoms with van der Waals surface area (Å²) in [5.41, 5.74) is 4.68. The molecule has 0 bridgehead atoms. The molecule has 4 nitrogen and oxygen atoms in total. The van der Waals surface area contributed by atoms with Gasteiger partial charge in [-0.1, -0.05) is 50.2 Å². The average Bonchev–Trinajstić information content (AvgIpc) is 3.12. The maximum atomic E-state index is 6.03. The summed E-state index contributed by atoms with van der Waals surface area (Å²) < 4.78 is 13.6. The van der Waals surface area contributed by atoms with Gasteiger partial charge in [-0.05, 0) is 53.4 Å². The van der Waals surface area contributed by atoms with Gasteiger partial charge >= 0.3 is 0 Å². The van der Waals surface area contributed by atoms with Gasteiger partial charge in [0.2, 0.25) is 0 Å². The molecular weight excluding hydrogens is 372 g/mol. The van der Waals surface area contributed by atoms with Crippen molar-refractivity contribution in [3.63, 3.8) is 0 Å². The zero-order valence-electron chi connectivity index (χ0n) is 17.8. The van der Waals surface area contributed by atoms with Crippen LogP contribution in [-0.4, -0.2) is 23.3 Å². The number of aromatic nitrogens is 2. The summed E-state index contributed by atoms with van der Waals surface area (Å²) in [5.74, 6) is 3.33. The third kappa shape index (κ3) is 4.48. The van der Waals surface area contributed by atoms with E-state index in [2.05, 4.69) is 73.0 Å². The van der Waals surface area contributed by atoms with E-state index in [-0.39, 0.29) is 0 Å². The van der Waals surface area contributed by atoms with Gasteiger partial charge in [0, 0.05) is 6.42 Å². The van der Waals surface area contributed by atoms with Crippen molar-refractivity contribution in [1.82, 2.24) is 9.55 Å². The smallest absolute Gasteiger partial charge is 0.119 e. The molecule has 0 fully saturated rings. The highest BCUT2D eigenvalue weighted by atomic mass is 16.5. The first-order valence-electron chi connectivity index (χ1n) is 10.4. The first kappa shape index (κ1) is 20.0. The van der Waals surface area contributed by atoms with Crippen molar-refractivity contribution in [1.29, 1.82) is 0 Å². The molecule has 1 aromatic heterocycles. The molecule has 3 aromatic carbocycles. The van der Waals surface area contributed by atoms with Crippen LogP contribution in [-0.2, 0) is 13.0 Å². The molecule has 0 saturated carbocycles. The minimum Gasteiger partial charge on any atom is -0.497 e. The number of para-hydroxylation sites is 2. The Morgan fingerprint density at radius 2 is 1.57 bits per heavy atom. The Morgan fingerprint density at radius 3 is 2.27 bits per heavy atom. The molecule has 0 amide bonds. The minimum atomic E-state index is 0.525. The van der Waals surface area contributed by atoms with Crippen molar-refractivity contribution in [2.24, 2.45) is 0 Å². The van der Waals surface area contributed by atoms with E-state index < -0.39 is 0 Å². The van der Waals surface area contributed by atoms with Gasteiger partial charge in [-0.15, -0.1) is 0 Å². The Balaban J connectivity index is 1.51. The van der Waals surface area contributed by atoms with Crippen molar-refractivity contribution < 1.29 is 9.47 Å². The highest BCUT2D eigenvalue weighted by Crippen LogP contribution is 2.21. The highest BCUT2D eigenvalue weighted by Gasteiger charge is 2.11. The monoisotopic (exact) mass is 400 g/mol. The Hall–Kier alpha value is -3.27. The first-order chi connectivity index (χ1) is 14.6. The van der Waals surface area contributed by atoms with Crippen molar-refractivity contribution >= 4 is 11.0 Å². The summed E-state index contributed by atoms with van der Waals surface area (Å²) in [7, 11) is 1.69. The highest BCUT2D eigenvalue weighted by molar-refractivity contribution is 5.76. The van der Waals surface area contributed by atoms with Crippen LogP contribution in [0.3, 0.4) is 0 Å². The molecule has 0 aliphatic carbocycles. The number of rotatable bonds is 8. The van der Waals surface area contributed by atoms with Crippen LogP contribution in [0, 0.1) is 0 Å². The maximum absolute atomic E-state index is 6.03. The molecule has 154 valence electrons. The lowest BCUT2D eigenvalue weighted by atomic mass is 10.0. The lowest BCUT2D eigenvalue weighted by Gasteiger charge is -2.12. The van der Waals surface area contributed by atoms with E-state index in [1.807, 2.05) is 18.2 Å². The van der Waals surface area contributed by atoms with E-state index >= 15 is 0 Å². The van der Waals surface area contributed by atoms with Crippen LogP contribution >= 0.6 is 0 Å². The third-order valence-electron chi connectivity index (χ3n) is 5.39. The van der Waals surface area contributed by atoms with E-state index in [9.17, 15) is 0 Å². The van der Waals surface area contributed by atoms with Crippen molar-refractivity contribution in [2.75, 3.05) is 13.7 Å². The SMILES string of the molecule is COc1ccc(Cc2nc3ccccc3n2CCOc2ccc(C(C)C)cc2)cc1. The van der Waals surface area contributed by atoms with Gasteiger partial charge in [-0.2, -0.15) is 0 Å². The van der Waals surface area contributed by atoms with Crippen molar-refractivity contribution in [3.05, 3.63) is 89.7 Å². The molecule has 0 saturated heterocycles. The Kier molecular flexibility index (Phi) is 6.03. The average molecular weight is 401 g/mol. The van der Waals surface area contributed by atoms with E-state index in [4.69, 9.17) is 14.5 Å².